The number of nitrogens with zero attached hydrogens (tertiary/aromatic N) is 1. The maximum Gasteiger partial charge on any atom is 0.326 e. The summed E-state index contributed by atoms with van der Waals surface area (Å²) in [4.78, 5) is 25.7. The van der Waals surface area contributed by atoms with Crippen molar-refractivity contribution in [1.29, 1.82) is 0 Å². The Morgan fingerprint density at radius 2 is 2.05 bits per heavy atom. The van der Waals surface area contributed by atoms with Crippen molar-refractivity contribution in [3.8, 4) is 0 Å². The average molecular weight is 285 g/mol. The number of likely N-dealkylation sites (tertiary alicyclic amines) is 1. The molecular weight excluding hydrogens is 262 g/mol. The van der Waals surface area contributed by atoms with Crippen molar-refractivity contribution < 1.29 is 14.7 Å². The third kappa shape index (κ3) is 2.91. The first-order chi connectivity index (χ1) is 9.06. The van der Waals surface area contributed by atoms with E-state index in [0.717, 1.165) is 25.0 Å². The van der Waals surface area contributed by atoms with E-state index in [0.29, 0.717) is 12.3 Å². The van der Waals surface area contributed by atoms with Gasteiger partial charge in [-0.3, -0.25) is 4.79 Å². The van der Waals surface area contributed by atoms with Crippen LogP contribution in [0.25, 0.3) is 0 Å². The smallest absolute Gasteiger partial charge is 0.326 e. The molecule has 0 radical (unpaired) electrons. The molecule has 1 saturated heterocycles. The van der Waals surface area contributed by atoms with Crippen LogP contribution in [0.1, 0.15) is 39.0 Å². The van der Waals surface area contributed by atoms with Gasteiger partial charge in [-0.05, 0) is 31.4 Å². The van der Waals surface area contributed by atoms with Gasteiger partial charge in [-0.1, -0.05) is 19.8 Å². The molecule has 0 spiro atoms. The third-order valence-corrected chi connectivity index (χ3v) is 5.30. The summed E-state index contributed by atoms with van der Waals surface area (Å²) in [7, 11) is 0. The van der Waals surface area contributed by atoms with E-state index >= 15 is 0 Å². The molecule has 1 heterocycles. The predicted molar refractivity (Wildman–Crippen MR) is 76.2 cm³/mol. The van der Waals surface area contributed by atoms with Crippen LogP contribution in [0.15, 0.2) is 0 Å². The molecule has 5 heteroatoms. The van der Waals surface area contributed by atoms with Gasteiger partial charge in [0.1, 0.15) is 6.04 Å². The van der Waals surface area contributed by atoms with Gasteiger partial charge in [0.25, 0.3) is 0 Å². The summed E-state index contributed by atoms with van der Waals surface area (Å²) < 4.78 is 0. The first-order valence-corrected chi connectivity index (χ1v) is 8.49. The number of hydrogen-bond acceptors (Lipinski definition) is 3. The molecule has 2 rings (SSSR count). The lowest BCUT2D eigenvalue weighted by atomic mass is 9.84. The molecule has 1 N–H and O–H groups in total. The second-order valence-corrected chi connectivity index (χ2v) is 6.71. The van der Waals surface area contributed by atoms with Crippen molar-refractivity contribution in [1.82, 2.24) is 4.90 Å². The second kappa shape index (κ2) is 6.16. The zero-order valence-corrected chi connectivity index (χ0v) is 12.5. The highest BCUT2D eigenvalue weighted by atomic mass is 32.2. The van der Waals surface area contributed by atoms with E-state index < -0.39 is 12.0 Å². The van der Waals surface area contributed by atoms with Crippen LogP contribution in [0.2, 0.25) is 0 Å². The maximum atomic E-state index is 12.6. The highest BCUT2D eigenvalue weighted by Crippen LogP contribution is 2.40. The number of fused-ring (bicyclic) bond motifs is 1. The molecule has 0 bridgehead atoms. The summed E-state index contributed by atoms with van der Waals surface area (Å²) in [6.45, 7) is 1.91. The van der Waals surface area contributed by atoms with Gasteiger partial charge in [-0.25, -0.2) is 4.79 Å². The SMILES string of the molecule is CSC[C@H](C)C(=O)N1[C@H](C(=O)O)C[C@@H]2CCCC[C@@H]21. The van der Waals surface area contributed by atoms with Crippen molar-refractivity contribution in [3.05, 3.63) is 0 Å². The molecule has 2 fully saturated rings. The van der Waals surface area contributed by atoms with Gasteiger partial charge in [0.05, 0.1) is 0 Å². The maximum absolute atomic E-state index is 12.6. The lowest BCUT2D eigenvalue weighted by Crippen LogP contribution is -2.48. The number of carbonyl (C=O) groups excluding carboxylic acids is 1. The number of carbonyl (C=O) groups is 2. The van der Waals surface area contributed by atoms with E-state index in [9.17, 15) is 14.7 Å². The highest BCUT2D eigenvalue weighted by Gasteiger charge is 2.48. The average Bonchev–Trinajstić information content (AvgIpc) is 2.77. The Hall–Kier alpha value is -0.710. The first kappa shape index (κ1) is 14.7. The number of carboxylic acid groups (broad SMARTS) is 1. The molecule has 2 aliphatic rings. The van der Waals surface area contributed by atoms with Gasteiger partial charge in [0.2, 0.25) is 5.91 Å². The fraction of sp³-hybridized carbons (Fsp3) is 0.857. The molecule has 1 amide bonds. The first-order valence-electron chi connectivity index (χ1n) is 7.10. The zero-order valence-electron chi connectivity index (χ0n) is 11.7. The molecule has 108 valence electrons. The van der Waals surface area contributed by atoms with Crippen LogP contribution < -0.4 is 0 Å². The van der Waals surface area contributed by atoms with E-state index in [1.54, 1.807) is 16.7 Å². The van der Waals surface area contributed by atoms with Gasteiger partial charge in [0, 0.05) is 17.7 Å². The van der Waals surface area contributed by atoms with Gasteiger partial charge >= 0.3 is 5.97 Å². The monoisotopic (exact) mass is 285 g/mol. The number of amides is 1. The minimum absolute atomic E-state index is 0.0381. The minimum Gasteiger partial charge on any atom is -0.480 e. The lowest BCUT2D eigenvalue weighted by molar-refractivity contribution is -0.151. The summed E-state index contributed by atoms with van der Waals surface area (Å²) in [5.74, 6) is 0.284. The number of thioether (sulfide) groups is 1. The third-order valence-electron chi connectivity index (χ3n) is 4.47. The van der Waals surface area contributed by atoms with Crippen molar-refractivity contribution in [2.45, 2.75) is 51.1 Å². The zero-order chi connectivity index (χ0) is 14.0. The number of aliphatic carboxylic acids is 1. The van der Waals surface area contributed by atoms with Gasteiger partial charge in [0.15, 0.2) is 0 Å². The molecule has 1 aliphatic carbocycles. The molecule has 0 unspecified atom stereocenters. The molecule has 4 nitrogen and oxygen atoms in total. The quantitative estimate of drug-likeness (QED) is 0.860. The standard InChI is InChI=1S/C14H23NO3S/c1-9(8-19-2)13(16)15-11-6-4-3-5-10(11)7-12(15)14(17)18/h9-12H,3-8H2,1-2H3,(H,17,18)/t9-,10-,11-,12-/m0/s1. The fourth-order valence-corrected chi connectivity index (χ4v) is 4.22. The van der Waals surface area contributed by atoms with Crippen molar-refractivity contribution >= 4 is 23.6 Å². The highest BCUT2D eigenvalue weighted by molar-refractivity contribution is 7.98. The van der Waals surface area contributed by atoms with Crippen LogP contribution in [0.5, 0.6) is 0 Å². The number of rotatable bonds is 4. The topological polar surface area (TPSA) is 57.6 Å². The van der Waals surface area contributed by atoms with Crippen LogP contribution >= 0.6 is 11.8 Å². The molecule has 0 aromatic carbocycles. The largest absolute Gasteiger partial charge is 0.480 e. The molecule has 4 atom stereocenters. The van der Waals surface area contributed by atoms with Crippen LogP contribution in [0, 0.1) is 11.8 Å². The normalized spacial score (nSPS) is 31.9. The van der Waals surface area contributed by atoms with E-state index in [1.165, 1.54) is 6.42 Å². The second-order valence-electron chi connectivity index (χ2n) is 5.80. The van der Waals surface area contributed by atoms with Gasteiger partial charge in [-0.15, -0.1) is 0 Å². The molecule has 0 aromatic rings. The van der Waals surface area contributed by atoms with Gasteiger partial charge < -0.3 is 10.0 Å². The van der Waals surface area contributed by atoms with E-state index in [2.05, 4.69) is 0 Å². The summed E-state index contributed by atoms with van der Waals surface area (Å²) in [5.41, 5.74) is 0. The van der Waals surface area contributed by atoms with Crippen LogP contribution in [-0.2, 0) is 9.59 Å². The van der Waals surface area contributed by atoms with E-state index in [4.69, 9.17) is 0 Å². The summed E-state index contributed by atoms with van der Waals surface area (Å²) >= 11 is 1.64. The van der Waals surface area contributed by atoms with E-state index in [-0.39, 0.29) is 17.9 Å². The van der Waals surface area contributed by atoms with Crippen molar-refractivity contribution in [2.24, 2.45) is 11.8 Å². The Labute approximate surface area is 118 Å². The molecule has 1 saturated carbocycles. The number of carboxylic acids is 1. The Balaban J connectivity index is 2.17. The van der Waals surface area contributed by atoms with Crippen LogP contribution in [0.4, 0.5) is 0 Å². The van der Waals surface area contributed by atoms with Crippen LogP contribution in [-0.4, -0.2) is 46.0 Å². The van der Waals surface area contributed by atoms with Crippen molar-refractivity contribution in [2.75, 3.05) is 12.0 Å². The van der Waals surface area contributed by atoms with E-state index in [1.807, 2.05) is 13.2 Å². The molecule has 19 heavy (non-hydrogen) atoms. The Morgan fingerprint density at radius 1 is 1.37 bits per heavy atom. The Kier molecular flexibility index (Phi) is 4.76. The lowest BCUT2D eigenvalue weighted by Gasteiger charge is -2.34. The summed E-state index contributed by atoms with van der Waals surface area (Å²) in [6, 6.07) is -0.420. The Morgan fingerprint density at radius 3 is 2.68 bits per heavy atom. The number of hydrogen-bond donors (Lipinski definition) is 1. The van der Waals surface area contributed by atoms with Gasteiger partial charge in [-0.2, -0.15) is 11.8 Å². The van der Waals surface area contributed by atoms with Crippen LogP contribution in [0.3, 0.4) is 0 Å². The minimum atomic E-state index is -0.834. The Bertz CT molecular complexity index is 361. The predicted octanol–water partition coefficient (Wildman–Crippen LogP) is 2.23. The molecule has 1 aliphatic heterocycles. The molecule has 0 aromatic heterocycles. The summed E-state index contributed by atoms with van der Waals surface area (Å²) in [6.07, 6.45) is 6.98. The fourth-order valence-electron chi connectivity index (χ4n) is 3.57. The van der Waals surface area contributed by atoms with Crippen molar-refractivity contribution in [3.63, 3.8) is 0 Å². The molecular formula is C14H23NO3S. The summed E-state index contributed by atoms with van der Waals surface area (Å²) in [5, 5.41) is 9.39.